The number of benzene rings is 1. The van der Waals surface area contributed by atoms with E-state index in [1.165, 1.54) is 23.2 Å². The second-order valence-corrected chi connectivity index (χ2v) is 5.96. The van der Waals surface area contributed by atoms with Crippen LogP contribution in [0, 0.1) is 5.82 Å². The zero-order valence-electron chi connectivity index (χ0n) is 14.6. The molecular weight excluding hydrogens is 353 g/mol. The molecule has 1 aromatic heterocycles. The minimum atomic E-state index is -0.450. The minimum absolute atomic E-state index is 0.173. The summed E-state index contributed by atoms with van der Waals surface area (Å²) in [6.07, 6.45) is 1.39. The molecule has 0 aliphatic carbocycles. The summed E-state index contributed by atoms with van der Waals surface area (Å²) in [7, 11) is 0. The number of ether oxygens (including phenoxy) is 1. The highest BCUT2D eigenvalue weighted by Crippen LogP contribution is 2.20. The van der Waals surface area contributed by atoms with Crippen LogP contribution in [0.3, 0.4) is 0 Å². The smallest absolute Gasteiger partial charge is 0.325 e. The fourth-order valence-corrected chi connectivity index (χ4v) is 2.71. The van der Waals surface area contributed by atoms with Gasteiger partial charge in [-0.1, -0.05) is 0 Å². The van der Waals surface area contributed by atoms with E-state index >= 15 is 0 Å². The van der Waals surface area contributed by atoms with Crippen molar-refractivity contribution < 1.29 is 18.7 Å². The number of urea groups is 1. The monoisotopic (exact) mass is 373 g/mol. The van der Waals surface area contributed by atoms with E-state index in [1.807, 2.05) is 5.43 Å². The number of nitrogen functional groups attached to an aromatic ring is 1. The number of carbonyl (C=O) groups is 2. The van der Waals surface area contributed by atoms with Crippen LogP contribution in [0.2, 0.25) is 0 Å². The lowest BCUT2D eigenvalue weighted by Crippen LogP contribution is -2.48. The van der Waals surface area contributed by atoms with E-state index in [9.17, 15) is 14.0 Å². The fraction of sp³-hybridized carbons (Fsp3) is 0.278. The van der Waals surface area contributed by atoms with Crippen LogP contribution in [0.15, 0.2) is 42.6 Å². The van der Waals surface area contributed by atoms with Crippen LogP contribution in [-0.2, 0) is 11.3 Å². The molecule has 0 radical (unpaired) electrons. The van der Waals surface area contributed by atoms with Crippen molar-refractivity contribution in [2.75, 3.05) is 31.2 Å². The Morgan fingerprint density at radius 3 is 2.48 bits per heavy atom. The maximum Gasteiger partial charge on any atom is 0.325 e. The largest absolute Gasteiger partial charge is 0.378 e. The van der Waals surface area contributed by atoms with Crippen LogP contribution in [-0.4, -0.2) is 48.1 Å². The Labute approximate surface area is 155 Å². The highest BCUT2D eigenvalue weighted by molar-refractivity contribution is 5.93. The minimum Gasteiger partial charge on any atom is -0.378 e. The summed E-state index contributed by atoms with van der Waals surface area (Å²) in [6.45, 7) is 2.10. The number of amides is 3. The highest BCUT2D eigenvalue weighted by atomic mass is 19.1. The number of hydrazine groups is 1. The van der Waals surface area contributed by atoms with E-state index in [4.69, 9.17) is 10.6 Å². The first-order chi connectivity index (χ1) is 13.1. The van der Waals surface area contributed by atoms with E-state index in [1.54, 1.807) is 29.2 Å². The number of halogens is 1. The van der Waals surface area contributed by atoms with E-state index in [0.717, 1.165) is 0 Å². The Hall–Kier alpha value is -3.04. The van der Waals surface area contributed by atoms with Gasteiger partial charge in [0.25, 0.3) is 5.91 Å². The molecule has 1 aliphatic heterocycles. The average molecular weight is 373 g/mol. The lowest BCUT2D eigenvalue weighted by atomic mass is 10.2. The number of nitrogens with one attached hydrogen (secondary N) is 1. The van der Waals surface area contributed by atoms with Gasteiger partial charge in [-0.15, -0.1) is 0 Å². The molecule has 142 valence electrons. The van der Waals surface area contributed by atoms with Gasteiger partial charge in [-0.25, -0.2) is 15.0 Å². The molecule has 27 heavy (non-hydrogen) atoms. The molecule has 1 aromatic carbocycles. The van der Waals surface area contributed by atoms with E-state index in [0.29, 0.717) is 43.2 Å². The molecule has 0 spiro atoms. The van der Waals surface area contributed by atoms with Crippen molar-refractivity contribution >= 4 is 17.6 Å². The number of hydrogen-bond acceptors (Lipinski definition) is 5. The maximum atomic E-state index is 13.3. The van der Waals surface area contributed by atoms with Crippen LogP contribution in [0.4, 0.5) is 14.9 Å². The van der Waals surface area contributed by atoms with Crippen molar-refractivity contribution in [3.63, 3.8) is 0 Å². The lowest BCUT2D eigenvalue weighted by molar-refractivity contribution is 0.0548. The highest BCUT2D eigenvalue weighted by Gasteiger charge is 2.25. The normalized spacial score (nSPS) is 13.9. The van der Waals surface area contributed by atoms with Gasteiger partial charge in [0.1, 0.15) is 5.82 Å². The van der Waals surface area contributed by atoms with Gasteiger partial charge in [-0.05, 0) is 36.4 Å². The third-order valence-corrected chi connectivity index (χ3v) is 4.19. The SMILES string of the molecule is NNC(=O)c1ccc(CN(C(=O)N2CCOCC2)c2ccc(F)cc2)nc1. The molecule has 2 aromatic rings. The first-order valence-corrected chi connectivity index (χ1v) is 8.44. The van der Waals surface area contributed by atoms with Crippen LogP contribution < -0.4 is 16.2 Å². The Bertz CT molecular complexity index is 792. The molecule has 3 N–H and O–H groups in total. The molecule has 3 rings (SSSR count). The van der Waals surface area contributed by atoms with E-state index in [2.05, 4.69) is 4.98 Å². The maximum absolute atomic E-state index is 13.3. The molecule has 9 heteroatoms. The Kier molecular flexibility index (Phi) is 5.94. The molecule has 0 saturated carbocycles. The van der Waals surface area contributed by atoms with E-state index < -0.39 is 5.91 Å². The Balaban J connectivity index is 1.83. The van der Waals surface area contributed by atoms with Gasteiger partial charge in [-0.2, -0.15) is 0 Å². The van der Waals surface area contributed by atoms with Gasteiger partial charge in [-0.3, -0.25) is 20.1 Å². The average Bonchev–Trinajstić information content (AvgIpc) is 2.73. The van der Waals surface area contributed by atoms with Gasteiger partial charge in [0.2, 0.25) is 0 Å². The van der Waals surface area contributed by atoms with Crippen molar-refractivity contribution in [3.8, 4) is 0 Å². The van der Waals surface area contributed by atoms with Crippen molar-refractivity contribution in [1.29, 1.82) is 0 Å². The number of carbonyl (C=O) groups excluding carboxylic acids is 2. The summed E-state index contributed by atoms with van der Waals surface area (Å²) in [5.41, 5.74) is 3.48. The number of nitrogens with zero attached hydrogens (tertiary/aromatic N) is 3. The number of hydrogen-bond donors (Lipinski definition) is 2. The van der Waals surface area contributed by atoms with Crippen molar-refractivity contribution in [2.24, 2.45) is 5.84 Å². The molecule has 0 unspecified atom stereocenters. The van der Waals surface area contributed by atoms with Crippen LogP contribution >= 0.6 is 0 Å². The van der Waals surface area contributed by atoms with Gasteiger partial charge in [0, 0.05) is 25.0 Å². The van der Waals surface area contributed by atoms with Crippen LogP contribution in [0.5, 0.6) is 0 Å². The number of pyridine rings is 1. The van der Waals surface area contributed by atoms with Crippen molar-refractivity contribution in [3.05, 3.63) is 59.7 Å². The molecule has 0 atom stereocenters. The summed E-state index contributed by atoms with van der Waals surface area (Å²) in [4.78, 5) is 32.0. The molecule has 2 heterocycles. The fourth-order valence-electron chi connectivity index (χ4n) is 2.71. The van der Waals surface area contributed by atoms with Gasteiger partial charge >= 0.3 is 6.03 Å². The number of rotatable bonds is 4. The van der Waals surface area contributed by atoms with Gasteiger partial charge in [0.15, 0.2) is 0 Å². The summed E-state index contributed by atoms with van der Waals surface area (Å²) in [5, 5.41) is 0. The topological polar surface area (TPSA) is 101 Å². The Morgan fingerprint density at radius 2 is 1.89 bits per heavy atom. The summed E-state index contributed by atoms with van der Waals surface area (Å²) in [6, 6.07) is 8.71. The van der Waals surface area contributed by atoms with E-state index in [-0.39, 0.29) is 18.4 Å². The number of morpholine rings is 1. The molecule has 8 nitrogen and oxygen atoms in total. The second-order valence-electron chi connectivity index (χ2n) is 5.96. The molecule has 0 bridgehead atoms. The quantitative estimate of drug-likeness (QED) is 0.478. The second kappa shape index (κ2) is 8.56. The number of aromatic nitrogens is 1. The first kappa shape index (κ1) is 18.7. The summed E-state index contributed by atoms with van der Waals surface area (Å²) in [5.74, 6) is 4.27. The van der Waals surface area contributed by atoms with Crippen molar-refractivity contribution in [1.82, 2.24) is 15.3 Å². The number of anilines is 1. The van der Waals surface area contributed by atoms with Gasteiger partial charge < -0.3 is 9.64 Å². The molecule has 1 aliphatic rings. The molecular formula is C18H20FN5O3. The predicted molar refractivity (Wildman–Crippen MR) is 96.3 cm³/mol. The predicted octanol–water partition coefficient (Wildman–Crippen LogP) is 1.28. The molecule has 3 amide bonds. The van der Waals surface area contributed by atoms with Crippen molar-refractivity contribution in [2.45, 2.75) is 6.54 Å². The first-order valence-electron chi connectivity index (χ1n) is 8.44. The summed E-state index contributed by atoms with van der Waals surface area (Å²) >= 11 is 0. The van der Waals surface area contributed by atoms with Gasteiger partial charge in [0.05, 0.1) is 31.0 Å². The number of nitrogens with two attached hydrogens (primary N) is 1. The molecule has 1 saturated heterocycles. The third-order valence-electron chi connectivity index (χ3n) is 4.19. The standard InChI is InChI=1S/C18H20FN5O3/c19-14-2-5-16(6-3-14)24(18(26)23-7-9-27-10-8-23)12-15-4-1-13(11-21-15)17(25)22-20/h1-6,11H,7-10,12,20H2,(H,22,25). The molecule has 1 fully saturated rings. The lowest BCUT2D eigenvalue weighted by Gasteiger charge is -2.33. The Morgan fingerprint density at radius 1 is 1.19 bits per heavy atom. The zero-order chi connectivity index (χ0) is 19.2. The van der Waals surface area contributed by atoms with Crippen LogP contribution in [0.25, 0.3) is 0 Å². The summed E-state index contributed by atoms with van der Waals surface area (Å²) < 4.78 is 18.6. The third kappa shape index (κ3) is 4.57. The van der Waals surface area contributed by atoms with Crippen LogP contribution in [0.1, 0.15) is 16.1 Å². The zero-order valence-corrected chi connectivity index (χ0v) is 14.6.